The molecule has 0 aliphatic heterocycles. The Kier molecular flexibility index (Phi) is 5.22. The van der Waals surface area contributed by atoms with Crippen molar-refractivity contribution in [3.05, 3.63) is 82.6 Å². The second-order valence-electron chi connectivity index (χ2n) is 8.14. The Labute approximate surface area is 192 Å². The first-order valence-corrected chi connectivity index (χ1v) is 10.5. The van der Waals surface area contributed by atoms with E-state index in [0.717, 1.165) is 54.0 Å². The van der Waals surface area contributed by atoms with Crippen LogP contribution < -0.4 is 0 Å². The number of hydrogen-bond acceptors (Lipinski definition) is 6. The average molecular weight is 468 g/mol. The Morgan fingerprint density at radius 1 is 1.18 bits per heavy atom. The third kappa shape index (κ3) is 3.55. The lowest BCUT2D eigenvalue weighted by Gasteiger charge is -2.13. The van der Waals surface area contributed by atoms with Gasteiger partial charge in [-0.15, -0.1) is 0 Å². The van der Waals surface area contributed by atoms with Crippen molar-refractivity contribution in [1.29, 1.82) is 0 Å². The standard InChI is InChI=1S/C24H19F3N4O3/c1-13-5-3-4-6-16(13)24(9-10-24)23-28-21(34-30-23)18-12-19(20(26)27)31(29-18)14-7-8-17(25)15(11-14)22(32)33-2/h3-8,11-12,20H,9-10H2,1-2H3. The Morgan fingerprint density at radius 3 is 2.62 bits per heavy atom. The third-order valence-corrected chi connectivity index (χ3v) is 6.04. The van der Waals surface area contributed by atoms with Crippen molar-refractivity contribution >= 4 is 5.97 Å². The Hall–Kier alpha value is -3.95. The highest BCUT2D eigenvalue weighted by Crippen LogP contribution is 2.53. The number of methoxy groups -OCH3 is 1. The molecule has 0 amide bonds. The highest BCUT2D eigenvalue weighted by Gasteiger charge is 2.50. The van der Waals surface area contributed by atoms with Crippen molar-refractivity contribution in [3.63, 3.8) is 0 Å². The first-order valence-electron chi connectivity index (χ1n) is 10.5. The first-order chi connectivity index (χ1) is 16.3. The van der Waals surface area contributed by atoms with E-state index in [0.29, 0.717) is 5.82 Å². The number of esters is 1. The molecule has 0 spiro atoms. The maximum Gasteiger partial charge on any atom is 0.340 e. The molecular formula is C24H19F3N4O3. The molecule has 1 aliphatic rings. The van der Waals surface area contributed by atoms with Crippen LogP contribution in [-0.2, 0) is 10.2 Å². The Bertz CT molecular complexity index is 1390. The molecule has 1 saturated carbocycles. The lowest BCUT2D eigenvalue weighted by molar-refractivity contribution is 0.0595. The quantitative estimate of drug-likeness (QED) is 0.363. The average Bonchev–Trinajstić information content (AvgIpc) is 3.27. The van der Waals surface area contributed by atoms with E-state index in [4.69, 9.17) is 4.52 Å². The Balaban J connectivity index is 1.54. The summed E-state index contributed by atoms with van der Waals surface area (Å²) in [6.07, 6.45) is -1.21. The third-order valence-electron chi connectivity index (χ3n) is 6.04. The van der Waals surface area contributed by atoms with Gasteiger partial charge >= 0.3 is 5.97 Å². The van der Waals surface area contributed by atoms with Gasteiger partial charge in [0.25, 0.3) is 12.3 Å². The first kappa shape index (κ1) is 21.9. The van der Waals surface area contributed by atoms with Crippen LogP contribution in [0.25, 0.3) is 17.3 Å². The van der Waals surface area contributed by atoms with E-state index in [1.165, 1.54) is 6.07 Å². The smallest absolute Gasteiger partial charge is 0.340 e. The molecule has 0 radical (unpaired) electrons. The minimum atomic E-state index is -2.91. The Morgan fingerprint density at radius 2 is 1.94 bits per heavy atom. The summed E-state index contributed by atoms with van der Waals surface area (Å²) in [5.74, 6) is -1.31. The van der Waals surface area contributed by atoms with Crippen LogP contribution in [0.15, 0.2) is 53.1 Å². The molecule has 0 atom stereocenters. The molecule has 0 unspecified atom stereocenters. The molecule has 10 heteroatoms. The fourth-order valence-corrected chi connectivity index (χ4v) is 4.14. The molecule has 0 bridgehead atoms. The van der Waals surface area contributed by atoms with Crippen LogP contribution in [0.4, 0.5) is 13.2 Å². The number of benzene rings is 2. The minimum absolute atomic E-state index is 0.00851. The summed E-state index contributed by atoms with van der Waals surface area (Å²) >= 11 is 0. The van der Waals surface area contributed by atoms with E-state index in [-0.39, 0.29) is 22.7 Å². The number of aryl methyl sites for hydroxylation is 1. The molecular weight excluding hydrogens is 449 g/mol. The zero-order valence-corrected chi connectivity index (χ0v) is 18.3. The number of nitrogens with zero attached hydrogens (tertiary/aromatic N) is 4. The largest absolute Gasteiger partial charge is 0.465 e. The lowest BCUT2D eigenvalue weighted by Crippen LogP contribution is -2.12. The van der Waals surface area contributed by atoms with Gasteiger partial charge in [-0.05, 0) is 55.2 Å². The van der Waals surface area contributed by atoms with E-state index >= 15 is 0 Å². The second kappa shape index (κ2) is 8.12. The molecule has 5 rings (SSSR count). The second-order valence-corrected chi connectivity index (χ2v) is 8.14. The van der Waals surface area contributed by atoms with Gasteiger partial charge in [0.15, 0.2) is 11.5 Å². The molecule has 34 heavy (non-hydrogen) atoms. The lowest BCUT2D eigenvalue weighted by atomic mass is 9.91. The van der Waals surface area contributed by atoms with Crippen LogP contribution in [-0.4, -0.2) is 33.0 Å². The number of alkyl halides is 2. The van der Waals surface area contributed by atoms with E-state index in [2.05, 4.69) is 20.0 Å². The zero-order chi connectivity index (χ0) is 24.0. The number of carbonyl (C=O) groups is 1. The number of hydrogen-bond donors (Lipinski definition) is 0. The minimum Gasteiger partial charge on any atom is -0.465 e. The van der Waals surface area contributed by atoms with Crippen LogP contribution in [0.5, 0.6) is 0 Å². The fraction of sp³-hybridized carbons (Fsp3) is 0.250. The summed E-state index contributed by atoms with van der Waals surface area (Å²) in [6, 6.07) is 12.4. The molecule has 174 valence electrons. The molecule has 2 heterocycles. The number of ether oxygens (including phenoxy) is 1. The predicted molar refractivity (Wildman–Crippen MR) is 114 cm³/mol. The summed E-state index contributed by atoms with van der Waals surface area (Å²) in [7, 11) is 1.10. The molecule has 1 aliphatic carbocycles. The van der Waals surface area contributed by atoms with Crippen molar-refractivity contribution in [2.75, 3.05) is 7.11 Å². The van der Waals surface area contributed by atoms with Crippen LogP contribution in [0.2, 0.25) is 0 Å². The molecule has 0 saturated heterocycles. The maximum atomic E-state index is 14.0. The van der Waals surface area contributed by atoms with Crippen LogP contribution in [0.3, 0.4) is 0 Å². The maximum absolute atomic E-state index is 14.0. The predicted octanol–water partition coefficient (Wildman–Crippen LogP) is 5.17. The highest BCUT2D eigenvalue weighted by atomic mass is 19.3. The SMILES string of the molecule is COC(=O)c1cc(-n2nc(-c3nc(C4(c5ccccc5C)CC4)no3)cc2C(F)F)ccc1F. The van der Waals surface area contributed by atoms with Gasteiger partial charge < -0.3 is 9.26 Å². The summed E-state index contributed by atoms with van der Waals surface area (Å²) in [5, 5.41) is 8.33. The van der Waals surface area contributed by atoms with Crippen molar-refractivity contribution in [2.45, 2.75) is 31.6 Å². The molecule has 1 fully saturated rings. The highest BCUT2D eigenvalue weighted by molar-refractivity contribution is 5.90. The van der Waals surface area contributed by atoms with E-state index in [9.17, 15) is 18.0 Å². The van der Waals surface area contributed by atoms with Crippen LogP contribution >= 0.6 is 0 Å². The molecule has 4 aromatic rings. The van der Waals surface area contributed by atoms with Gasteiger partial charge in [0.2, 0.25) is 0 Å². The monoisotopic (exact) mass is 468 g/mol. The number of carbonyl (C=O) groups excluding carboxylic acids is 1. The van der Waals surface area contributed by atoms with Crippen molar-refractivity contribution in [2.24, 2.45) is 0 Å². The molecule has 7 nitrogen and oxygen atoms in total. The summed E-state index contributed by atoms with van der Waals surface area (Å²) < 4.78 is 52.6. The van der Waals surface area contributed by atoms with Gasteiger partial charge in [-0.2, -0.15) is 10.1 Å². The summed E-state index contributed by atoms with van der Waals surface area (Å²) in [6.45, 7) is 2.01. The van der Waals surface area contributed by atoms with E-state index in [1.54, 1.807) is 0 Å². The van der Waals surface area contributed by atoms with Crippen molar-refractivity contribution in [1.82, 2.24) is 19.9 Å². The molecule has 0 N–H and O–H groups in total. The molecule has 2 aromatic heterocycles. The summed E-state index contributed by atoms with van der Waals surface area (Å²) in [4.78, 5) is 16.3. The normalized spacial score (nSPS) is 14.4. The van der Waals surface area contributed by atoms with Crippen molar-refractivity contribution < 1.29 is 27.2 Å². The van der Waals surface area contributed by atoms with Gasteiger partial charge in [-0.25, -0.2) is 22.6 Å². The fourth-order valence-electron chi connectivity index (χ4n) is 4.14. The van der Waals surface area contributed by atoms with Crippen LogP contribution in [0, 0.1) is 12.7 Å². The van der Waals surface area contributed by atoms with Gasteiger partial charge in [0, 0.05) is 0 Å². The topological polar surface area (TPSA) is 83.0 Å². The van der Waals surface area contributed by atoms with E-state index < -0.39 is 29.5 Å². The van der Waals surface area contributed by atoms with Gasteiger partial charge in [0.1, 0.15) is 11.5 Å². The molecule has 2 aromatic carbocycles. The van der Waals surface area contributed by atoms with Crippen molar-refractivity contribution in [3.8, 4) is 17.3 Å². The number of halogens is 3. The van der Waals surface area contributed by atoms with E-state index in [1.807, 2.05) is 31.2 Å². The zero-order valence-electron chi connectivity index (χ0n) is 18.3. The number of rotatable bonds is 6. The van der Waals surface area contributed by atoms with Gasteiger partial charge in [-0.1, -0.05) is 29.4 Å². The van der Waals surface area contributed by atoms with Gasteiger partial charge in [-0.3, -0.25) is 0 Å². The van der Waals surface area contributed by atoms with Gasteiger partial charge in [0.05, 0.1) is 23.8 Å². The summed E-state index contributed by atoms with van der Waals surface area (Å²) in [5.41, 5.74) is 1.06. The van der Waals surface area contributed by atoms with Crippen LogP contribution in [0.1, 0.15) is 52.3 Å². The number of aromatic nitrogens is 4.